The van der Waals surface area contributed by atoms with E-state index in [4.69, 9.17) is 0 Å². The van der Waals surface area contributed by atoms with Crippen LogP contribution in [0.2, 0.25) is 0 Å². The van der Waals surface area contributed by atoms with Gasteiger partial charge in [0.25, 0.3) is 5.56 Å². The highest BCUT2D eigenvalue weighted by molar-refractivity contribution is 5.93. The molecule has 2 rings (SSSR count). The van der Waals surface area contributed by atoms with E-state index in [2.05, 4.69) is 10.6 Å². The van der Waals surface area contributed by atoms with Gasteiger partial charge in [-0.3, -0.25) is 23.5 Å². The maximum absolute atomic E-state index is 12.0. The lowest BCUT2D eigenvalue weighted by Gasteiger charge is -2.09. The third kappa shape index (κ3) is 4.16. The van der Waals surface area contributed by atoms with Gasteiger partial charge in [-0.25, -0.2) is 4.79 Å². The van der Waals surface area contributed by atoms with Crippen molar-refractivity contribution >= 4 is 23.2 Å². The lowest BCUT2D eigenvalue weighted by molar-refractivity contribution is -0.117. The van der Waals surface area contributed by atoms with E-state index in [-0.39, 0.29) is 12.5 Å². The lowest BCUT2D eigenvalue weighted by Crippen LogP contribution is -2.38. The second-order valence-corrected chi connectivity index (χ2v) is 4.93. The fraction of sp³-hybridized carbons (Fsp3) is 0.200. The van der Waals surface area contributed by atoms with Crippen LogP contribution >= 0.6 is 0 Å². The molecule has 0 spiro atoms. The molecule has 2 aromatic rings. The summed E-state index contributed by atoms with van der Waals surface area (Å²) < 4.78 is 2.05. The molecule has 1 aromatic heterocycles. The first-order valence-electron chi connectivity index (χ1n) is 6.81. The van der Waals surface area contributed by atoms with Crippen molar-refractivity contribution in [1.29, 1.82) is 0 Å². The monoisotopic (exact) mass is 316 g/mol. The van der Waals surface area contributed by atoms with Crippen LogP contribution in [0.25, 0.3) is 0 Å². The summed E-state index contributed by atoms with van der Waals surface area (Å²) in [6.45, 7) is 1.16. The van der Waals surface area contributed by atoms with Crippen LogP contribution in [-0.4, -0.2) is 20.9 Å². The molecule has 0 unspecified atom stereocenters. The average Bonchev–Trinajstić information content (AvgIpc) is 2.47. The Kier molecular flexibility index (Phi) is 4.75. The van der Waals surface area contributed by atoms with E-state index in [0.29, 0.717) is 11.4 Å². The Morgan fingerprint density at radius 2 is 1.74 bits per heavy atom. The number of carbonyl (C=O) groups excluding carboxylic acids is 2. The zero-order valence-electron chi connectivity index (χ0n) is 12.7. The minimum Gasteiger partial charge on any atom is -0.326 e. The van der Waals surface area contributed by atoms with Gasteiger partial charge in [-0.05, 0) is 18.2 Å². The number of carbonyl (C=O) groups is 2. The van der Waals surface area contributed by atoms with E-state index >= 15 is 0 Å². The predicted molar refractivity (Wildman–Crippen MR) is 85.3 cm³/mol. The summed E-state index contributed by atoms with van der Waals surface area (Å²) in [5.74, 6) is -0.643. The van der Waals surface area contributed by atoms with Crippen LogP contribution in [-0.2, 0) is 23.2 Å². The number of nitrogens with zero attached hydrogens (tertiary/aromatic N) is 2. The molecule has 0 atom stereocenters. The summed E-state index contributed by atoms with van der Waals surface area (Å²) in [7, 11) is 1.34. The van der Waals surface area contributed by atoms with Crippen molar-refractivity contribution in [2.75, 3.05) is 10.6 Å². The molecule has 1 heterocycles. The predicted octanol–water partition coefficient (Wildman–Crippen LogP) is 0.144. The largest absolute Gasteiger partial charge is 0.331 e. The molecule has 8 heteroatoms. The molecular weight excluding hydrogens is 300 g/mol. The lowest BCUT2D eigenvalue weighted by atomic mass is 10.2. The van der Waals surface area contributed by atoms with Crippen LogP contribution < -0.4 is 21.9 Å². The van der Waals surface area contributed by atoms with Gasteiger partial charge < -0.3 is 10.6 Å². The van der Waals surface area contributed by atoms with Crippen LogP contribution in [0, 0.1) is 0 Å². The van der Waals surface area contributed by atoms with E-state index < -0.39 is 17.2 Å². The van der Waals surface area contributed by atoms with E-state index in [1.54, 1.807) is 24.3 Å². The van der Waals surface area contributed by atoms with E-state index in [1.807, 2.05) is 0 Å². The van der Waals surface area contributed by atoms with Crippen molar-refractivity contribution < 1.29 is 9.59 Å². The van der Waals surface area contributed by atoms with Crippen molar-refractivity contribution in [2.24, 2.45) is 7.05 Å². The van der Waals surface area contributed by atoms with Crippen molar-refractivity contribution in [3.8, 4) is 0 Å². The van der Waals surface area contributed by atoms with Gasteiger partial charge in [0, 0.05) is 37.6 Å². The molecule has 0 bridgehead atoms. The Morgan fingerprint density at radius 3 is 2.39 bits per heavy atom. The van der Waals surface area contributed by atoms with Crippen molar-refractivity contribution in [3.05, 3.63) is 57.4 Å². The van der Waals surface area contributed by atoms with Crippen LogP contribution in [0.15, 0.2) is 46.1 Å². The quantitative estimate of drug-likeness (QED) is 0.838. The Bertz CT molecular complexity index is 866. The summed E-state index contributed by atoms with van der Waals surface area (Å²) in [4.78, 5) is 46.2. The molecule has 23 heavy (non-hydrogen) atoms. The van der Waals surface area contributed by atoms with E-state index in [9.17, 15) is 19.2 Å². The molecule has 2 N–H and O–H groups in total. The number of anilines is 2. The first-order valence-corrected chi connectivity index (χ1v) is 6.81. The Morgan fingerprint density at radius 1 is 1.09 bits per heavy atom. The van der Waals surface area contributed by atoms with Crippen LogP contribution in [0.1, 0.15) is 6.92 Å². The van der Waals surface area contributed by atoms with Crippen LogP contribution in [0.4, 0.5) is 11.4 Å². The van der Waals surface area contributed by atoms with Crippen LogP contribution in [0.5, 0.6) is 0 Å². The number of nitrogens with one attached hydrogen (secondary N) is 2. The topological polar surface area (TPSA) is 102 Å². The Balaban J connectivity index is 2.11. The van der Waals surface area contributed by atoms with Crippen molar-refractivity contribution in [2.45, 2.75) is 13.5 Å². The zero-order chi connectivity index (χ0) is 17.0. The summed E-state index contributed by atoms with van der Waals surface area (Å²) in [5, 5.41) is 5.24. The van der Waals surface area contributed by atoms with Crippen LogP contribution in [0.3, 0.4) is 0 Å². The molecule has 0 radical (unpaired) electrons. The van der Waals surface area contributed by atoms with Gasteiger partial charge in [-0.15, -0.1) is 0 Å². The second kappa shape index (κ2) is 6.73. The standard InChI is InChI=1S/C15H16N4O4/c1-10(20)16-11-4-3-5-12(8-11)17-13(21)9-19-7-6-14(22)18(2)15(19)23/h3-8H,9H2,1-2H3,(H,16,20)(H,17,21). The number of amides is 2. The molecule has 0 aliphatic carbocycles. The third-order valence-electron chi connectivity index (χ3n) is 3.04. The number of hydrogen-bond acceptors (Lipinski definition) is 4. The molecule has 1 aromatic carbocycles. The summed E-state index contributed by atoms with van der Waals surface area (Å²) in [6.07, 6.45) is 1.28. The summed E-state index contributed by atoms with van der Waals surface area (Å²) in [5.41, 5.74) is 0.0306. The van der Waals surface area contributed by atoms with Gasteiger partial charge in [0.2, 0.25) is 11.8 Å². The highest BCUT2D eigenvalue weighted by Gasteiger charge is 2.08. The van der Waals surface area contributed by atoms with E-state index in [1.165, 1.54) is 26.2 Å². The SMILES string of the molecule is CC(=O)Nc1cccc(NC(=O)Cn2ccc(=O)n(C)c2=O)c1. The Hall–Kier alpha value is -3.16. The third-order valence-corrected chi connectivity index (χ3v) is 3.04. The summed E-state index contributed by atoms with van der Waals surface area (Å²) >= 11 is 0. The smallest absolute Gasteiger partial charge is 0.326 e. The molecule has 0 saturated carbocycles. The second-order valence-electron chi connectivity index (χ2n) is 4.93. The zero-order valence-corrected chi connectivity index (χ0v) is 12.7. The number of rotatable bonds is 4. The van der Waals surface area contributed by atoms with E-state index in [0.717, 1.165) is 9.13 Å². The number of hydrogen-bond donors (Lipinski definition) is 2. The highest BCUT2D eigenvalue weighted by atomic mass is 16.2. The molecule has 0 fully saturated rings. The van der Waals surface area contributed by atoms with Gasteiger partial charge in [0.1, 0.15) is 6.54 Å². The molecule has 0 saturated heterocycles. The molecule has 120 valence electrons. The highest BCUT2D eigenvalue weighted by Crippen LogP contribution is 2.14. The maximum atomic E-state index is 12.0. The first kappa shape index (κ1) is 16.2. The Labute approximate surface area is 131 Å². The van der Waals surface area contributed by atoms with Gasteiger partial charge >= 0.3 is 5.69 Å². The first-order chi connectivity index (χ1) is 10.9. The van der Waals surface area contributed by atoms with Crippen molar-refractivity contribution in [3.63, 3.8) is 0 Å². The van der Waals surface area contributed by atoms with Crippen molar-refractivity contribution in [1.82, 2.24) is 9.13 Å². The molecule has 0 aliphatic rings. The fourth-order valence-corrected chi connectivity index (χ4v) is 1.97. The van der Waals surface area contributed by atoms with Gasteiger partial charge in [-0.1, -0.05) is 6.07 Å². The summed E-state index contributed by atoms with van der Waals surface area (Å²) in [6, 6.07) is 7.84. The number of aromatic nitrogens is 2. The fourth-order valence-electron chi connectivity index (χ4n) is 1.97. The minimum absolute atomic E-state index is 0.217. The maximum Gasteiger partial charge on any atom is 0.331 e. The molecular formula is C15H16N4O4. The molecule has 2 amide bonds. The van der Waals surface area contributed by atoms with Gasteiger partial charge in [0.05, 0.1) is 0 Å². The minimum atomic E-state index is -0.570. The normalized spacial score (nSPS) is 10.2. The average molecular weight is 316 g/mol. The number of benzene rings is 1. The molecule has 8 nitrogen and oxygen atoms in total. The van der Waals surface area contributed by atoms with Gasteiger partial charge in [0.15, 0.2) is 0 Å². The molecule has 0 aliphatic heterocycles. The van der Waals surface area contributed by atoms with Gasteiger partial charge in [-0.2, -0.15) is 0 Å².